The minimum Gasteiger partial charge on any atom is -0.483 e. The molecule has 1 aliphatic heterocycles. The quantitative estimate of drug-likeness (QED) is 0.420. The highest BCUT2D eigenvalue weighted by atomic mass is 35.5. The van der Waals surface area contributed by atoms with Gasteiger partial charge in [-0.05, 0) is 68.3 Å². The molecule has 2 amide bonds. The molecule has 1 heterocycles. The minimum atomic E-state index is -4.16. The largest absolute Gasteiger partial charge is 0.483 e. The fourth-order valence-corrected chi connectivity index (χ4v) is 6.09. The summed E-state index contributed by atoms with van der Waals surface area (Å²) in [4.78, 5) is 30.1. The zero-order valence-corrected chi connectivity index (χ0v) is 24.0. The molecule has 0 bridgehead atoms. The lowest BCUT2D eigenvalue weighted by Crippen LogP contribution is -2.58. The van der Waals surface area contributed by atoms with Crippen LogP contribution in [0, 0.1) is 12.7 Å². The molecule has 4 rings (SSSR count). The van der Waals surface area contributed by atoms with Gasteiger partial charge in [0.2, 0.25) is 0 Å². The first-order chi connectivity index (χ1) is 18.9. The molecule has 8 nitrogen and oxygen atoms in total. The molecule has 0 radical (unpaired) electrons. The number of rotatable bonds is 8. The minimum absolute atomic E-state index is 0.0234. The van der Waals surface area contributed by atoms with Crippen molar-refractivity contribution in [3.05, 3.63) is 94.3 Å². The molecule has 1 saturated heterocycles. The molecule has 0 spiro atoms. The van der Waals surface area contributed by atoms with Gasteiger partial charge in [0.1, 0.15) is 11.6 Å². The van der Waals surface area contributed by atoms with Crippen molar-refractivity contribution in [2.24, 2.45) is 0 Å². The van der Waals surface area contributed by atoms with Crippen LogP contribution in [0.5, 0.6) is 5.75 Å². The van der Waals surface area contributed by atoms with Crippen LogP contribution in [0.3, 0.4) is 0 Å². The molecule has 0 aliphatic carbocycles. The highest BCUT2D eigenvalue weighted by molar-refractivity contribution is 7.90. The fourth-order valence-electron chi connectivity index (χ4n) is 4.71. The summed E-state index contributed by atoms with van der Waals surface area (Å²) in [6.45, 7) is 6.97. The summed E-state index contributed by atoms with van der Waals surface area (Å²) >= 11 is 6.09. The predicted octanol–water partition coefficient (Wildman–Crippen LogP) is 4.41. The van der Waals surface area contributed by atoms with E-state index < -0.39 is 15.9 Å². The number of carbonyl (C=O) groups is 2. The topological polar surface area (TPSA) is 96.0 Å². The summed E-state index contributed by atoms with van der Waals surface area (Å²) in [6, 6.07) is 16.8. The number of nitrogens with one attached hydrogen (secondary N) is 1. The van der Waals surface area contributed by atoms with Gasteiger partial charge in [-0.25, -0.2) is 17.5 Å². The van der Waals surface area contributed by atoms with E-state index in [1.54, 1.807) is 42.2 Å². The van der Waals surface area contributed by atoms with Crippen LogP contribution in [-0.4, -0.2) is 61.8 Å². The van der Waals surface area contributed by atoms with Crippen LogP contribution in [0.25, 0.3) is 0 Å². The molecule has 3 aromatic rings. The van der Waals surface area contributed by atoms with Crippen molar-refractivity contribution in [3.63, 3.8) is 0 Å². The molecule has 1 N–H and O–H groups in total. The van der Waals surface area contributed by atoms with E-state index in [4.69, 9.17) is 16.3 Å². The van der Waals surface area contributed by atoms with E-state index in [1.807, 2.05) is 13.8 Å². The number of hydrogen-bond donors (Lipinski definition) is 1. The maximum atomic E-state index is 13.3. The van der Waals surface area contributed by atoms with Gasteiger partial charge in [0.25, 0.3) is 21.8 Å². The van der Waals surface area contributed by atoms with Crippen LogP contribution in [0.15, 0.2) is 71.6 Å². The van der Waals surface area contributed by atoms with Crippen LogP contribution in [0.4, 0.5) is 4.39 Å². The van der Waals surface area contributed by atoms with Gasteiger partial charge in [0.15, 0.2) is 6.61 Å². The molecule has 0 aromatic heterocycles. The average molecular weight is 588 g/mol. The third-order valence-corrected chi connectivity index (χ3v) is 8.61. The normalized spacial score (nSPS) is 17.9. The maximum absolute atomic E-state index is 13.3. The fraction of sp³-hybridized carbons (Fsp3) is 0.310. The molecular weight excluding hydrogens is 557 g/mol. The Hall–Kier alpha value is -3.47. The first-order valence-corrected chi connectivity index (χ1v) is 14.6. The van der Waals surface area contributed by atoms with E-state index >= 15 is 0 Å². The molecule has 11 heteroatoms. The van der Waals surface area contributed by atoms with Crippen LogP contribution in [0.2, 0.25) is 5.02 Å². The third kappa shape index (κ3) is 6.99. The number of sulfonamides is 1. The molecule has 2 unspecified atom stereocenters. The molecular formula is C29H31ClFN3O5S. The Labute approximate surface area is 238 Å². The zero-order chi connectivity index (χ0) is 29.0. The van der Waals surface area contributed by atoms with E-state index in [0.717, 1.165) is 5.56 Å². The number of aryl methyl sites for hydroxylation is 1. The standard InChI is InChI=1S/C29H31ClFN3O5S/c1-19-6-4-5-7-27(19)40(37,38)32-29(36)25-14-23(30)10-13-26(25)39-18-28(35)34-16-20(2)33(15-21(34)3)17-22-8-11-24(31)12-9-22/h4-14,20-21H,15-18H2,1-3H3,(H,32,36). The number of benzene rings is 3. The van der Waals surface area contributed by atoms with Crippen LogP contribution >= 0.6 is 11.6 Å². The summed E-state index contributed by atoms with van der Waals surface area (Å²) in [5.74, 6) is -1.44. The predicted molar refractivity (Wildman–Crippen MR) is 150 cm³/mol. The van der Waals surface area contributed by atoms with Crippen molar-refractivity contribution in [2.45, 2.75) is 44.3 Å². The molecule has 212 valence electrons. The van der Waals surface area contributed by atoms with Gasteiger partial charge in [0.05, 0.1) is 10.5 Å². The number of piperazine rings is 1. The van der Waals surface area contributed by atoms with Crippen molar-refractivity contribution in [2.75, 3.05) is 19.7 Å². The van der Waals surface area contributed by atoms with Crippen LogP contribution in [0.1, 0.15) is 35.3 Å². The Morgan fingerprint density at radius 3 is 2.42 bits per heavy atom. The Bertz CT molecular complexity index is 1500. The Morgan fingerprint density at radius 1 is 1.02 bits per heavy atom. The monoisotopic (exact) mass is 587 g/mol. The van der Waals surface area contributed by atoms with Gasteiger partial charge in [-0.3, -0.25) is 14.5 Å². The lowest BCUT2D eigenvalue weighted by molar-refractivity contribution is -0.139. The van der Waals surface area contributed by atoms with Crippen molar-refractivity contribution >= 4 is 33.4 Å². The molecule has 0 saturated carbocycles. The number of ether oxygens (including phenoxy) is 1. The number of amides is 2. The summed E-state index contributed by atoms with van der Waals surface area (Å²) < 4.78 is 46.7. The zero-order valence-electron chi connectivity index (χ0n) is 22.4. The summed E-state index contributed by atoms with van der Waals surface area (Å²) in [7, 11) is -4.16. The first kappa shape index (κ1) is 29.5. The smallest absolute Gasteiger partial charge is 0.268 e. The third-order valence-electron chi connectivity index (χ3n) is 6.88. The Kier molecular flexibility index (Phi) is 9.12. The van der Waals surface area contributed by atoms with Gasteiger partial charge < -0.3 is 9.64 Å². The molecule has 3 aromatic carbocycles. The molecule has 40 heavy (non-hydrogen) atoms. The van der Waals surface area contributed by atoms with Crippen molar-refractivity contribution in [1.82, 2.24) is 14.5 Å². The lowest BCUT2D eigenvalue weighted by Gasteiger charge is -2.44. The lowest BCUT2D eigenvalue weighted by atomic mass is 10.1. The highest BCUT2D eigenvalue weighted by Gasteiger charge is 2.32. The van der Waals surface area contributed by atoms with E-state index in [0.29, 0.717) is 25.2 Å². The maximum Gasteiger partial charge on any atom is 0.268 e. The van der Waals surface area contributed by atoms with Crippen molar-refractivity contribution in [3.8, 4) is 5.75 Å². The number of hydrogen-bond acceptors (Lipinski definition) is 6. The molecule has 2 atom stereocenters. The van der Waals surface area contributed by atoms with E-state index in [-0.39, 0.29) is 51.6 Å². The number of halogens is 2. The van der Waals surface area contributed by atoms with Crippen molar-refractivity contribution < 1.29 is 27.1 Å². The van der Waals surface area contributed by atoms with E-state index in [2.05, 4.69) is 9.62 Å². The van der Waals surface area contributed by atoms with Gasteiger partial charge in [-0.15, -0.1) is 0 Å². The van der Waals surface area contributed by atoms with Gasteiger partial charge in [-0.2, -0.15) is 0 Å². The highest BCUT2D eigenvalue weighted by Crippen LogP contribution is 2.25. The van der Waals surface area contributed by atoms with E-state index in [9.17, 15) is 22.4 Å². The second-order valence-corrected chi connectivity index (χ2v) is 12.0. The van der Waals surface area contributed by atoms with Gasteiger partial charge in [0, 0.05) is 36.7 Å². The summed E-state index contributed by atoms with van der Waals surface area (Å²) in [5.41, 5.74) is 1.36. The summed E-state index contributed by atoms with van der Waals surface area (Å²) in [5, 5.41) is 0.205. The number of nitrogens with zero attached hydrogens (tertiary/aromatic N) is 2. The second kappa shape index (κ2) is 12.4. The first-order valence-electron chi connectivity index (χ1n) is 12.8. The number of carbonyl (C=O) groups excluding carboxylic acids is 2. The molecule has 1 aliphatic rings. The van der Waals surface area contributed by atoms with Gasteiger partial charge in [-0.1, -0.05) is 41.9 Å². The average Bonchev–Trinajstić information content (AvgIpc) is 2.90. The van der Waals surface area contributed by atoms with Crippen LogP contribution < -0.4 is 9.46 Å². The SMILES string of the molecule is Cc1ccccc1S(=O)(=O)NC(=O)c1cc(Cl)ccc1OCC(=O)N1CC(C)N(Cc2ccc(F)cc2)CC1C. The Morgan fingerprint density at radius 2 is 1.73 bits per heavy atom. The van der Waals surface area contributed by atoms with Crippen LogP contribution in [-0.2, 0) is 21.4 Å². The van der Waals surface area contributed by atoms with E-state index in [1.165, 1.54) is 36.4 Å². The second-order valence-electron chi connectivity index (χ2n) is 9.93. The van der Waals surface area contributed by atoms with Gasteiger partial charge >= 0.3 is 0 Å². The van der Waals surface area contributed by atoms with Crippen molar-refractivity contribution in [1.29, 1.82) is 0 Å². The molecule has 1 fully saturated rings. The summed E-state index contributed by atoms with van der Waals surface area (Å²) in [6.07, 6.45) is 0. The Balaban J connectivity index is 1.41.